The Hall–Kier alpha value is -1.42. The van der Waals surface area contributed by atoms with E-state index in [-0.39, 0.29) is 12.8 Å². The second kappa shape index (κ2) is 6.14. The van der Waals surface area contributed by atoms with E-state index in [1.165, 1.54) is 0 Å². The SMILES string of the molecule is C[C@H](NCc1cc(Cl)c2c(c1)OCO2)c1cccc(Cl)c1. The summed E-state index contributed by atoms with van der Waals surface area (Å²) in [7, 11) is 0. The van der Waals surface area contributed by atoms with Crippen LogP contribution in [0.2, 0.25) is 10.0 Å². The van der Waals surface area contributed by atoms with E-state index in [4.69, 9.17) is 32.7 Å². The first-order chi connectivity index (χ1) is 10.1. The maximum Gasteiger partial charge on any atom is 0.231 e. The zero-order chi connectivity index (χ0) is 14.8. The van der Waals surface area contributed by atoms with E-state index in [1.807, 2.05) is 30.3 Å². The van der Waals surface area contributed by atoms with E-state index in [1.54, 1.807) is 0 Å². The molecule has 0 spiro atoms. The van der Waals surface area contributed by atoms with Gasteiger partial charge in [-0.25, -0.2) is 0 Å². The van der Waals surface area contributed by atoms with Crippen molar-refractivity contribution in [1.82, 2.24) is 5.32 Å². The van der Waals surface area contributed by atoms with Gasteiger partial charge in [-0.05, 0) is 42.3 Å². The molecule has 1 atom stereocenters. The molecule has 0 amide bonds. The third-order valence-corrected chi connectivity index (χ3v) is 3.96. The van der Waals surface area contributed by atoms with Crippen molar-refractivity contribution in [2.75, 3.05) is 6.79 Å². The molecule has 1 aliphatic rings. The summed E-state index contributed by atoms with van der Waals surface area (Å²) in [5.41, 5.74) is 2.20. The molecule has 0 radical (unpaired) electrons. The van der Waals surface area contributed by atoms with Gasteiger partial charge in [0.15, 0.2) is 11.5 Å². The highest BCUT2D eigenvalue weighted by Crippen LogP contribution is 2.39. The molecule has 1 aliphatic heterocycles. The topological polar surface area (TPSA) is 30.5 Å². The molecule has 0 unspecified atom stereocenters. The summed E-state index contributed by atoms with van der Waals surface area (Å²) in [5, 5.41) is 4.77. The minimum atomic E-state index is 0.188. The first kappa shape index (κ1) is 14.5. The van der Waals surface area contributed by atoms with Crippen LogP contribution in [0.15, 0.2) is 36.4 Å². The fraction of sp³-hybridized carbons (Fsp3) is 0.250. The summed E-state index contributed by atoms with van der Waals surface area (Å²) >= 11 is 12.2. The third kappa shape index (κ3) is 3.26. The van der Waals surface area contributed by atoms with E-state index in [9.17, 15) is 0 Å². The number of benzene rings is 2. The summed E-state index contributed by atoms with van der Waals surface area (Å²) in [6.07, 6.45) is 0. The van der Waals surface area contributed by atoms with E-state index in [2.05, 4.69) is 18.3 Å². The van der Waals surface area contributed by atoms with Gasteiger partial charge in [-0.1, -0.05) is 35.3 Å². The molecule has 3 nitrogen and oxygen atoms in total. The molecule has 110 valence electrons. The van der Waals surface area contributed by atoms with Crippen molar-refractivity contribution < 1.29 is 9.47 Å². The summed E-state index contributed by atoms with van der Waals surface area (Å²) < 4.78 is 10.7. The highest BCUT2D eigenvalue weighted by Gasteiger charge is 2.18. The monoisotopic (exact) mass is 323 g/mol. The van der Waals surface area contributed by atoms with Gasteiger partial charge in [-0.2, -0.15) is 0 Å². The lowest BCUT2D eigenvalue weighted by molar-refractivity contribution is 0.174. The molecular weight excluding hydrogens is 309 g/mol. The molecule has 2 aromatic rings. The first-order valence-corrected chi connectivity index (χ1v) is 7.46. The number of hydrogen-bond donors (Lipinski definition) is 1. The second-order valence-corrected chi connectivity index (χ2v) is 5.81. The second-order valence-electron chi connectivity index (χ2n) is 4.97. The van der Waals surface area contributed by atoms with Crippen LogP contribution < -0.4 is 14.8 Å². The third-order valence-electron chi connectivity index (χ3n) is 3.45. The van der Waals surface area contributed by atoms with Crippen LogP contribution >= 0.6 is 23.2 Å². The number of ether oxygens (including phenoxy) is 2. The van der Waals surface area contributed by atoms with E-state index in [0.717, 1.165) is 16.1 Å². The zero-order valence-corrected chi connectivity index (χ0v) is 13.0. The summed E-state index contributed by atoms with van der Waals surface area (Å²) in [6, 6.07) is 11.9. The molecule has 0 aromatic heterocycles. The zero-order valence-electron chi connectivity index (χ0n) is 11.5. The van der Waals surface area contributed by atoms with E-state index >= 15 is 0 Å². The van der Waals surface area contributed by atoms with Crippen LogP contribution in [0.4, 0.5) is 0 Å². The van der Waals surface area contributed by atoms with Gasteiger partial charge in [0.2, 0.25) is 6.79 Å². The number of nitrogens with one attached hydrogen (secondary N) is 1. The molecule has 21 heavy (non-hydrogen) atoms. The van der Waals surface area contributed by atoms with Crippen LogP contribution in [0, 0.1) is 0 Å². The Kier molecular flexibility index (Phi) is 4.24. The smallest absolute Gasteiger partial charge is 0.231 e. The number of fused-ring (bicyclic) bond motifs is 1. The number of rotatable bonds is 4. The van der Waals surface area contributed by atoms with Gasteiger partial charge >= 0.3 is 0 Å². The van der Waals surface area contributed by atoms with Crippen LogP contribution in [0.25, 0.3) is 0 Å². The van der Waals surface area contributed by atoms with Crippen LogP contribution in [-0.4, -0.2) is 6.79 Å². The van der Waals surface area contributed by atoms with Gasteiger partial charge < -0.3 is 14.8 Å². The molecule has 0 saturated heterocycles. The highest BCUT2D eigenvalue weighted by molar-refractivity contribution is 6.32. The fourth-order valence-corrected chi connectivity index (χ4v) is 2.77. The Morgan fingerprint density at radius 3 is 2.86 bits per heavy atom. The van der Waals surface area contributed by atoms with Crippen molar-refractivity contribution in [2.45, 2.75) is 19.5 Å². The van der Waals surface area contributed by atoms with Crippen molar-refractivity contribution in [1.29, 1.82) is 0 Å². The Balaban J connectivity index is 1.69. The van der Waals surface area contributed by atoms with Gasteiger partial charge in [-0.15, -0.1) is 0 Å². The molecule has 1 N–H and O–H groups in total. The Bertz CT molecular complexity index is 661. The lowest BCUT2D eigenvalue weighted by Crippen LogP contribution is -2.18. The molecule has 0 fully saturated rings. The van der Waals surface area contributed by atoms with Crippen LogP contribution in [0.3, 0.4) is 0 Å². The minimum absolute atomic E-state index is 0.188. The Morgan fingerprint density at radius 1 is 1.19 bits per heavy atom. The number of halogens is 2. The quantitative estimate of drug-likeness (QED) is 0.893. The van der Waals surface area contributed by atoms with Crippen LogP contribution in [0.5, 0.6) is 11.5 Å². The Labute approximate surface area is 133 Å². The summed E-state index contributed by atoms with van der Waals surface area (Å²) in [5.74, 6) is 1.33. The standard InChI is InChI=1S/C16H15Cl2NO2/c1-10(12-3-2-4-13(17)7-12)19-8-11-5-14(18)16-15(6-11)20-9-21-16/h2-7,10,19H,8-9H2,1H3/t10-/m0/s1. The fourth-order valence-electron chi connectivity index (χ4n) is 2.29. The predicted molar refractivity (Wildman–Crippen MR) is 84.3 cm³/mol. The van der Waals surface area contributed by atoms with Gasteiger partial charge in [0, 0.05) is 17.6 Å². The number of hydrogen-bond acceptors (Lipinski definition) is 3. The van der Waals surface area contributed by atoms with Crippen molar-refractivity contribution in [2.24, 2.45) is 0 Å². The molecule has 0 aliphatic carbocycles. The highest BCUT2D eigenvalue weighted by atomic mass is 35.5. The van der Waals surface area contributed by atoms with Crippen LogP contribution in [0.1, 0.15) is 24.1 Å². The lowest BCUT2D eigenvalue weighted by Gasteiger charge is -2.15. The van der Waals surface area contributed by atoms with Crippen molar-refractivity contribution in [3.63, 3.8) is 0 Å². The van der Waals surface area contributed by atoms with Gasteiger partial charge in [0.25, 0.3) is 0 Å². The van der Waals surface area contributed by atoms with Crippen molar-refractivity contribution >= 4 is 23.2 Å². The Morgan fingerprint density at radius 2 is 2.05 bits per heavy atom. The lowest BCUT2D eigenvalue weighted by atomic mass is 10.1. The van der Waals surface area contributed by atoms with Gasteiger partial charge in [0.1, 0.15) is 0 Å². The van der Waals surface area contributed by atoms with Gasteiger partial charge in [-0.3, -0.25) is 0 Å². The van der Waals surface area contributed by atoms with E-state index < -0.39 is 0 Å². The average molecular weight is 324 g/mol. The first-order valence-electron chi connectivity index (χ1n) is 6.70. The predicted octanol–water partition coefficient (Wildman–Crippen LogP) is 4.57. The minimum Gasteiger partial charge on any atom is -0.454 e. The van der Waals surface area contributed by atoms with Crippen molar-refractivity contribution in [3.05, 3.63) is 57.6 Å². The molecule has 0 saturated carbocycles. The average Bonchev–Trinajstić information content (AvgIpc) is 2.93. The molecule has 5 heteroatoms. The molecule has 1 heterocycles. The maximum absolute atomic E-state index is 6.18. The van der Waals surface area contributed by atoms with Crippen LogP contribution in [-0.2, 0) is 6.54 Å². The largest absolute Gasteiger partial charge is 0.454 e. The summed E-state index contributed by atoms with van der Waals surface area (Å²) in [4.78, 5) is 0. The molecule has 3 rings (SSSR count). The molecular formula is C16H15Cl2NO2. The summed E-state index contributed by atoms with van der Waals surface area (Å²) in [6.45, 7) is 3.01. The normalized spacial score (nSPS) is 14.2. The molecule has 2 aromatic carbocycles. The van der Waals surface area contributed by atoms with E-state index in [0.29, 0.717) is 23.1 Å². The van der Waals surface area contributed by atoms with Crippen molar-refractivity contribution in [3.8, 4) is 11.5 Å². The van der Waals surface area contributed by atoms with Gasteiger partial charge in [0.05, 0.1) is 5.02 Å². The molecule has 0 bridgehead atoms. The maximum atomic E-state index is 6.18.